The van der Waals surface area contributed by atoms with E-state index in [2.05, 4.69) is 65.2 Å². The first kappa shape index (κ1) is 44.1. The molecule has 8 nitrogen and oxygen atoms in total. The molecule has 2 aromatic heterocycles. The van der Waals surface area contributed by atoms with Crippen molar-refractivity contribution in [3.05, 3.63) is 96.1 Å². The predicted octanol–water partition coefficient (Wildman–Crippen LogP) is 13.8. The van der Waals surface area contributed by atoms with Gasteiger partial charge in [0.2, 0.25) is 11.8 Å². The third-order valence-electron chi connectivity index (χ3n) is 16.8. The van der Waals surface area contributed by atoms with Crippen molar-refractivity contribution in [1.29, 1.82) is 0 Å². The second-order valence-electron chi connectivity index (χ2n) is 21.1. The van der Waals surface area contributed by atoms with Crippen molar-refractivity contribution in [2.45, 2.75) is 110 Å². The molecule has 8 bridgehead atoms. The summed E-state index contributed by atoms with van der Waals surface area (Å²) in [6, 6.07) is 30.1. The molecule has 8 fully saturated rings. The summed E-state index contributed by atoms with van der Waals surface area (Å²) in [5, 5.41) is 6.38. The number of fused-ring (bicyclic) bond motifs is 2. The molecule has 4 atom stereocenters. The number of nitrogens with one attached hydrogen (secondary N) is 2. The summed E-state index contributed by atoms with van der Waals surface area (Å²) < 4.78 is 15.4. The van der Waals surface area contributed by atoms with E-state index >= 15 is 0 Å². The minimum atomic E-state index is 0.000904. The van der Waals surface area contributed by atoms with E-state index in [4.69, 9.17) is 19.4 Å². The highest BCUT2D eigenvalue weighted by molar-refractivity contribution is 8.01. The van der Waals surface area contributed by atoms with Gasteiger partial charge in [-0.05, 0) is 208 Å². The maximum atomic E-state index is 13.1. The fourth-order valence-electron chi connectivity index (χ4n) is 15.4. The molecule has 12 heteroatoms. The van der Waals surface area contributed by atoms with Gasteiger partial charge in [0.25, 0.3) is 0 Å². The van der Waals surface area contributed by atoms with Crippen LogP contribution in [-0.4, -0.2) is 46.5 Å². The molecule has 8 saturated carbocycles. The van der Waals surface area contributed by atoms with Crippen LogP contribution in [-0.2, 0) is 20.4 Å². The molecular formula is C55H60N4O4S4. The van der Waals surface area contributed by atoms with E-state index in [1.165, 1.54) is 93.5 Å². The normalized spacial score (nSPS) is 30.0. The van der Waals surface area contributed by atoms with Crippen LogP contribution in [0.1, 0.15) is 102 Å². The molecule has 0 radical (unpaired) electrons. The van der Waals surface area contributed by atoms with Gasteiger partial charge in [-0.25, -0.2) is 9.97 Å². The number of rotatable bonds is 16. The molecular weight excluding hydrogens is 909 g/mol. The zero-order valence-electron chi connectivity index (χ0n) is 38.5. The average Bonchev–Trinajstić information content (AvgIpc) is 3.91. The SMILES string of the molecule is CCOc1ccc2nc(SCCC(=O)Nc3ccc(C45CC6CC(C4)CC(C4C7CC8CC4CC(c4ccc(NC(=O)CSc9nc%10ccc(OCC)cc%10s9)cc4)(C8)C7)(C6)C5)cc3)sc2c1. The molecule has 2 N–H and O–H groups in total. The van der Waals surface area contributed by atoms with Crippen molar-refractivity contribution >= 4 is 89.8 Å². The standard InChI is InChI=1S/C55H60N4O4S4/c1-3-62-42-13-15-44-46(22-42)66-51(58-44)64-18-17-48(60)56-40-11-7-39(8-12-40)54-25-34-19-35(26-54)28-55(27-34,32-54)50-36-20-33-21-37(50)30-53(24-33,29-36)38-5-9-41(10-6-38)57-49(61)31-65-52-59-45-16-14-43(63-4-2)23-47(45)67-52/h5-16,22-23,33-37,50H,3-4,17-21,24-32H2,1-2H3,(H,56,60)(H,57,61). The Balaban J connectivity index is 0.674. The Hall–Kier alpha value is -4.10. The number of thiazole rings is 2. The van der Waals surface area contributed by atoms with Crippen LogP contribution in [0, 0.1) is 40.9 Å². The zero-order chi connectivity index (χ0) is 45.3. The number of thioether (sulfide) groups is 2. The number of benzene rings is 4. The van der Waals surface area contributed by atoms with Crippen molar-refractivity contribution in [3.63, 3.8) is 0 Å². The maximum Gasteiger partial charge on any atom is 0.234 e. The quantitative estimate of drug-likeness (QED) is 0.0925. The van der Waals surface area contributed by atoms with E-state index in [9.17, 15) is 9.59 Å². The summed E-state index contributed by atoms with van der Waals surface area (Å²) in [6.45, 7) is 5.26. The summed E-state index contributed by atoms with van der Waals surface area (Å²) in [5.41, 5.74) is 7.70. The Morgan fingerprint density at radius 1 is 0.627 bits per heavy atom. The number of carbonyl (C=O) groups is 2. The van der Waals surface area contributed by atoms with Gasteiger partial charge in [0.15, 0.2) is 8.68 Å². The molecule has 4 unspecified atom stereocenters. The lowest BCUT2D eigenvalue weighted by Gasteiger charge is -2.71. The van der Waals surface area contributed by atoms with Crippen molar-refractivity contribution < 1.29 is 19.1 Å². The number of ether oxygens (including phenoxy) is 2. The number of nitrogens with zero attached hydrogens (tertiary/aromatic N) is 2. The lowest BCUT2D eigenvalue weighted by atomic mass is 9.34. The minimum absolute atomic E-state index is 0.000904. The summed E-state index contributed by atoms with van der Waals surface area (Å²) in [6.07, 6.45) is 15.6. The monoisotopic (exact) mass is 968 g/mol. The molecule has 0 aliphatic heterocycles. The second kappa shape index (κ2) is 17.7. The van der Waals surface area contributed by atoms with Crippen LogP contribution < -0.4 is 20.1 Å². The third-order valence-corrected chi connectivity index (χ3v) is 21.2. The zero-order valence-corrected chi connectivity index (χ0v) is 41.8. The van der Waals surface area contributed by atoms with Gasteiger partial charge in [-0.1, -0.05) is 47.8 Å². The highest BCUT2D eigenvalue weighted by Crippen LogP contribution is 2.74. The van der Waals surface area contributed by atoms with Gasteiger partial charge in [-0.3, -0.25) is 9.59 Å². The highest BCUT2D eigenvalue weighted by Gasteiger charge is 2.66. The van der Waals surface area contributed by atoms with E-state index in [0.717, 1.165) is 87.5 Å². The van der Waals surface area contributed by atoms with Crippen LogP contribution in [0.25, 0.3) is 20.4 Å². The van der Waals surface area contributed by atoms with Gasteiger partial charge in [-0.2, -0.15) is 0 Å². The van der Waals surface area contributed by atoms with Gasteiger partial charge in [0.05, 0.1) is 39.4 Å². The fourth-order valence-corrected chi connectivity index (χ4v) is 19.4. The molecule has 8 aliphatic rings. The van der Waals surface area contributed by atoms with Crippen molar-refractivity contribution in [2.75, 3.05) is 35.4 Å². The number of hydrogen-bond donors (Lipinski definition) is 2. The Bertz CT molecular complexity index is 2790. The Morgan fingerprint density at radius 3 is 1.75 bits per heavy atom. The molecule has 0 saturated heterocycles. The molecule has 348 valence electrons. The smallest absolute Gasteiger partial charge is 0.234 e. The Morgan fingerprint density at radius 2 is 1.16 bits per heavy atom. The fraction of sp³-hybridized carbons (Fsp3) is 0.491. The van der Waals surface area contributed by atoms with E-state index < -0.39 is 0 Å². The van der Waals surface area contributed by atoms with Gasteiger partial charge < -0.3 is 20.1 Å². The van der Waals surface area contributed by atoms with Crippen LogP contribution in [0.3, 0.4) is 0 Å². The maximum absolute atomic E-state index is 13.1. The first-order valence-corrected chi connectivity index (χ1v) is 28.4. The topological polar surface area (TPSA) is 102 Å². The van der Waals surface area contributed by atoms with E-state index in [1.807, 2.05) is 44.2 Å². The van der Waals surface area contributed by atoms with Crippen molar-refractivity contribution in [3.8, 4) is 11.5 Å². The first-order chi connectivity index (χ1) is 32.6. The summed E-state index contributed by atoms with van der Waals surface area (Å²) in [7, 11) is 0. The van der Waals surface area contributed by atoms with Crippen LogP contribution in [0.5, 0.6) is 11.5 Å². The molecule has 6 aromatic rings. The molecule has 2 amide bonds. The lowest BCUT2D eigenvalue weighted by Crippen LogP contribution is -2.63. The second-order valence-corrected chi connectivity index (χ2v) is 25.7. The first-order valence-electron chi connectivity index (χ1n) is 24.8. The van der Waals surface area contributed by atoms with Gasteiger partial charge in [0.1, 0.15) is 11.5 Å². The summed E-state index contributed by atoms with van der Waals surface area (Å²) in [5.74, 6) is 7.77. The largest absolute Gasteiger partial charge is 0.494 e. The van der Waals surface area contributed by atoms with Crippen LogP contribution in [0.15, 0.2) is 93.6 Å². The number of amides is 2. The highest BCUT2D eigenvalue weighted by atomic mass is 32.2. The Labute approximate surface area is 410 Å². The lowest BCUT2D eigenvalue weighted by molar-refractivity contribution is -0.179. The number of carbonyl (C=O) groups excluding carboxylic acids is 2. The van der Waals surface area contributed by atoms with E-state index in [-0.39, 0.29) is 22.6 Å². The number of anilines is 2. The number of aromatic nitrogens is 2. The predicted molar refractivity (Wildman–Crippen MR) is 275 cm³/mol. The third kappa shape index (κ3) is 8.47. The van der Waals surface area contributed by atoms with Crippen molar-refractivity contribution in [2.24, 2.45) is 40.9 Å². The minimum Gasteiger partial charge on any atom is -0.494 e. The number of hydrogen-bond acceptors (Lipinski definition) is 10. The van der Waals surface area contributed by atoms with Crippen LogP contribution in [0.4, 0.5) is 11.4 Å². The molecule has 2 heterocycles. The Kier molecular flexibility index (Phi) is 11.7. The van der Waals surface area contributed by atoms with Gasteiger partial charge >= 0.3 is 0 Å². The van der Waals surface area contributed by atoms with E-state index in [1.54, 1.807) is 34.4 Å². The molecule has 4 aromatic carbocycles. The van der Waals surface area contributed by atoms with Crippen molar-refractivity contribution in [1.82, 2.24) is 9.97 Å². The average molecular weight is 969 g/mol. The van der Waals surface area contributed by atoms with Gasteiger partial charge in [0, 0.05) is 23.5 Å². The van der Waals surface area contributed by atoms with Crippen LogP contribution in [0.2, 0.25) is 0 Å². The van der Waals surface area contributed by atoms with Crippen LogP contribution >= 0.6 is 46.2 Å². The molecule has 14 rings (SSSR count). The molecule has 0 spiro atoms. The van der Waals surface area contributed by atoms with E-state index in [0.29, 0.717) is 36.6 Å². The van der Waals surface area contributed by atoms with Gasteiger partial charge in [-0.15, -0.1) is 22.7 Å². The summed E-state index contributed by atoms with van der Waals surface area (Å²) in [4.78, 5) is 35.8. The molecule has 8 aliphatic carbocycles. The summed E-state index contributed by atoms with van der Waals surface area (Å²) >= 11 is 6.42. The molecule has 67 heavy (non-hydrogen) atoms.